The van der Waals surface area contributed by atoms with Crippen LogP contribution in [0.5, 0.6) is 11.9 Å². The number of halogens is 4. The summed E-state index contributed by atoms with van der Waals surface area (Å²) >= 11 is 6.33. The highest BCUT2D eigenvalue weighted by molar-refractivity contribution is 6.36. The third-order valence-corrected chi connectivity index (χ3v) is 9.78. The van der Waals surface area contributed by atoms with Gasteiger partial charge in [0.15, 0.2) is 5.82 Å². The first-order valence-corrected chi connectivity index (χ1v) is 16.4. The van der Waals surface area contributed by atoms with Crippen molar-refractivity contribution in [2.75, 3.05) is 43.2 Å². The number of hydrogen-bond acceptors (Lipinski definition) is 11. The average Bonchev–Trinajstić information content (AvgIpc) is 3.63. The molecular weight excluding hydrogens is 659 g/mol. The van der Waals surface area contributed by atoms with Gasteiger partial charge in [0.05, 0.1) is 29.7 Å². The molecule has 256 valence electrons. The lowest BCUT2D eigenvalue weighted by Gasteiger charge is -2.34. The van der Waals surface area contributed by atoms with Crippen LogP contribution < -0.4 is 25.8 Å². The van der Waals surface area contributed by atoms with Crippen LogP contribution in [0.15, 0.2) is 36.5 Å². The zero-order valence-corrected chi connectivity index (χ0v) is 27.9. The molecule has 0 bridgehead atoms. The van der Waals surface area contributed by atoms with E-state index in [0.717, 1.165) is 18.5 Å². The number of alkyl halides is 1. The molecule has 5 aromatic rings. The molecule has 11 nitrogen and oxygen atoms in total. The minimum atomic E-state index is -0.820. The highest BCUT2D eigenvalue weighted by Gasteiger charge is 2.36. The Bertz CT molecular complexity index is 2060. The van der Waals surface area contributed by atoms with E-state index >= 15 is 4.39 Å². The van der Waals surface area contributed by atoms with E-state index in [1.54, 1.807) is 12.3 Å². The molecular formula is C34H35ClF3N9O2. The molecule has 0 aliphatic carbocycles. The summed E-state index contributed by atoms with van der Waals surface area (Å²) in [5.74, 6) is -0.659. The van der Waals surface area contributed by atoms with Crippen LogP contribution in [-0.2, 0) is 0 Å². The van der Waals surface area contributed by atoms with Crippen molar-refractivity contribution in [2.24, 2.45) is 0 Å². The molecule has 2 saturated heterocycles. The van der Waals surface area contributed by atoms with Gasteiger partial charge in [-0.2, -0.15) is 9.97 Å². The van der Waals surface area contributed by atoms with Gasteiger partial charge in [-0.25, -0.2) is 28.1 Å². The van der Waals surface area contributed by atoms with Crippen LogP contribution in [-0.4, -0.2) is 74.9 Å². The first-order chi connectivity index (χ1) is 23.5. The van der Waals surface area contributed by atoms with Gasteiger partial charge in [-0.3, -0.25) is 4.90 Å². The number of pyridine rings is 3. The summed E-state index contributed by atoms with van der Waals surface area (Å²) < 4.78 is 55.1. The van der Waals surface area contributed by atoms with E-state index in [1.165, 1.54) is 38.2 Å². The normalized spacial score (nSPS) is 20.8. The summed E-state index contributed by atoms with van der Waals surface area (Å²) in [5, 5.41) is 0.153. The lowest BCUT2D eigenvalue weighted by atomic mass is 10.0. The standard InChI is InChI=1S/C27H23ClF2N8O2.C7H12FN/c1-11-10-40-26-19-23(36-27(39-3)37-25(19)38(11)12(2)13-5-4-8-33-24(13)32)21(30)22(35-26)14-9-17(31)34-16-7-6-15(29)20(28)18(14)16;8-6-4-7-2-1-3-9(7)5-6/h4-9,11-12H,10H2,1-3H3,(H2,31,34)(H2,32,33);6-7H,1-5H2/t11-,12?;/m0./s1. The SMILES string of the molecule is COc1nc2c3c(nc(-c4cc(N)nc5ccc(F)c(Cl)c45)c(F)c3n1)OC[C@H](C)N2C(C)c1cccnc1N.FC1CC2CCCN2C1. The molecule has 15 heteroatoms. The monoisotopic (exact) mass is 693 g/mol. The summed E-state index contributed by atoms with van der Waals surface area (Å²) in [6.45, 7) is 5.91. The van der Waals surface area contributed by atoms with Crippen LogP contribution >= 0.6 is 11.6 Å². The van der Waals surface area contributed by atoms with E-state index < -0.39 is 17.8 Å². The number of nitrogen functional groups attached to an aromatic ring is 2. The molecule has 1 aromatic carbocycles. The molecule has 0 spiro atoms. The van der Waals surface area contributed by atoms with Gasteiger partial charge in [0.25, 0.3) is 0 Å². The number of aromatic nitrogens is 5. The molecule has 7 heterocycles. The Labute approximate surface area is 285 Å². The zero-order chi connectivity index (χ0) is 34.6. The van der Waals surface area contributed by atoms with E-state index in [-0.39, 0.29) is 74.5 Å². The van der Waals surface area contributed by atoms with Crippen molar-refractivity contribution < 1.29 is 22.6 Å². The lowest BCUT2D eigenvalue weighted by molar-refractivity contribution is 0.282. The highest BCUT2D eigenvalue weighted by Crippen LogP contribution is 2.45. The van der Waals surface area contributed by atoms with E-state index in [2.05, 4.69) is 29.8 Å². The second-order valence-corrected chi connectivity index (χ2v) is 12.9. The number of nitrogens with zero attached hydrogens (tertiary/aromatic N) is 7. The predicted molar refractivity (Wildman–Crippen MR) is 183 cm³/mol. The third kappa shape index (κ3) is 5.86. The predicted octanol–water partition coefficient (Wildman–Crippen LogP) is 6.28. The Hall–Kier alpha value is -4.69. The summed E-state index contributed by atoms with van der Waals surface area (Å²) in [6, 6.07) is 7.55. The van der Waals surface area contributed by atoms with Crippen LogP contribution in [0.25, 0.3) is 33.1 Å². The van der Waals surface area contributed by atoms with Gasteiger partial charge < -0.3 is 25.8 Å². The van der Waals surface area contributed by atoms with Gasteiger partial charge in [-0.15, -0.1) is 0 Å². The van der Waals surface area contributed by atoms with Crippen molar-refractivity contribution in [3.63, 3.8) is 0 Å². The number of benzene rings is 1. The Morgan fingerprint density at radius 1 is 1.10 bits per heavy atom. The lowest BCUT2D eigenvalue weighted by Crippen LogP contribution is -2.39. The molecule has 4 atom stereocenters. The van der Waals surface area contributed by atoms with Crippen molar-refractivity contribution in [2.45, 2.75) is 57.4 Å². The number of rotatable bonds is 4. The number of nitrogens with two attached hydrogens (primary N) is 2. The maximum atomic E-state index is 16.5. The number of ether oxygens (including phenoxy) is 2. The van der Waals surface area contributed by atoms with Crippen molar-refractivity contribution in [1.82, 2.24) is 29.8 Å². The first-order valence-electron chi connectivity index (χ1n) is 16.0. The molecule has 49 heavy (non-hydrogen) atoms. The van der Waals surface area contributed by atoms with E-state index in [1.807, 2.05) is 24.8 Å². The second kappa shape index (κ2) is 13.0. The van der Waals surface area contributed by atoms with Gasteiger partial charge in [0.2, 0.25) is 5.88 Å². The molecule has 0 radical (unpaired) electrons. The topological polar surface area (TPSA) is 141 Å². The minimum Gasteiger partial charge on any atom is -0.475 e. The summed E-state index contributed by atoms with van der Waals surface area (Å²) in [6.07, 6.45) is 4.42. The van der Waals surface area contributed by atoms with E-state index in [9.17, 15) is 8.78 Å². The Balaban J connectivity index is 0.000000361. The summed E-state index contributed by atoms with van der Waals surface area (Å²) in [4.78, 5) is 26.1. The quantitative estimate of drug-likeness (QED) is 0.220. The number of methoxy groups -OCH3 is 1. The number of hydrogen-bond donors (Lipinski definition) is 2. The van der Waals surface area contributed by atoms with Crippen molar-refractivity contribution in [1.29, 1.82) is 0 Å². The van der Waals surface area contributed by atoms with Crippen LogP contribution in [0.3, 0.4) is 0 Å². The zero-order valence-electron chi connectivity index (χ0n) is 27.1. The van der Waals surface area contributed by atoms with E-state index in [4.69, 9.17) is 32.5 Å². The third-order valence-electron chi connectivity index (χ3n) is 9.41. The Morgan fingerprint density at radius 2 is 1.92 bits per heavy atom. The van der Waals surface area contributed by atoms with Crippen molar-refractivity contribution in [3.8, 4) is 23.1 Å². The maximum absolute atomic E-state index is 16.5. The number of fused-ring (bicyclic) bond motifs is 2. The van der Waals surface area contributed by atoms with Crippen molar-refractivity contribution >= 4 is 50.9 Å². The fourth-order valence-electron chi connectivity index (χ4n) is 7.15. The van der Waals surface area contributed by atoms with Gasteiger partial charge >= 0.3 is 6.01 Å². The molecule has 8 rings (SSSR count). The van der Waals surface area contributed by atoms with E-state index in [0.29, 0.717) is 24.2 Å². The summed E-state index contributed by atoms with van der Waals surface area (Å²) in [7, 11) is 1.39. The van der Waals surface area contributed by atoms with Crippen LogP contribution in [0, 0.1) is 11.6 Å². The van der Waals surface area contributed by atoms with Crippen LogP contribution in [0.2, 0.25) is 5.02 Å². The molecule has 3 aliphatic rings. The smallest absolute Gasteiger partial charge is 0.318 e. The first kappa shape index (κ1) is 32.8. The Morgan fingerprint density at radius 3 is 2.67 bits per heavy atom. The number of anilines is 3. The molecule has 4 aromatic heterocycles. The molecule has 3 aliphatic heterocycles. The fourth-order valence-corrected chi connectivity index (χ4v) is 7.41. The van der Waals surface area contributed by atoms with Gasteiger partial charge in [-0.05, 0) is 63.9 Å². The largest absolute Gasteiger partial charge is 0.475 e. The van der Waals surface area contributed by atoms with Gasteiger partial charge in [-0.1, -0.05) is 17.7 Å². The fraction of sp³-hybridized carbons (Fsp3) is 0.382. The molecule has 2 fully saturated rings. The molecule has 0 saturated carbocycles. The minimum absolute atomic E-state index is 0.0712. The van der Waals surface area contributed by atoms with Gasteiger partial charge in [0.1, 0.15) is 52.6 Å². The van der Waals surface area contributed by atoms with Crippen molar-refractivity contribution in [3.05, 3.63) is 58.7 Å². The van der Waals surface area contributed by atoms with Gasteiger partial charge in [0, 0.05) is 35.3 Å². The highest BCUT2D eigenvalue weighted by atomic mass is 35.5. The summed E-state index contributed by atoms with van der Waals surface area (Å²) in [5.41, 5.74) is 13.1. The maximum Gasteiger partial charge on any atom is 0.318 e. The van der Waals surface area contributed by atoms with Crippen LogP contribution in [0.4, 0.5) is 30.6 Å². The van der Waals surface area contributed by atoms with Crippen LogP contribution in [0.1, 0.15) is 44.7 Å². The second-order valence-electron chi connectivity index (χ2n) is 12.5. The molecule has 4 N–H and O–H groups in total. The molecule has 0 amide bonds. The molecule has 3 unspecified atom stereocenters. The Kier molecular flexibility index (Phi) is 8.69. The average molecular weight is 694 g/mol.